The van der Waals surface area contributed by atoms with Gasteiger partial charge in [0.1, 0.15) is 0 Å². The van der Waals surface area contributed by atoms with Gasteiger partial charge < -0.3 is 9.64 Å². The van der Waals surface area contributed by atoms with Gasteiger partial charge in [0.2, 0.25) is 0 Å². The zero-order valence-electron chi connectivity index (χ0n) is 14.2. The second-order valence-corrected chi connectivity index (χ2v) is 6.28. The Balaban J connectivity index is 1.84. The third-order valence-electron chi connectivity index (χ3n) is 4.64. The molecular formula is C19H23N3O2. The molecule has 0 N–H and O–H groups in total. The molecule has 1 aromatic carbocycles. The van der Waals surface area contributed by atoms with Crippen LogP contribution in [0.4, 0.5) is 0 Å². The number of amides is 1. The summed E-state index contributed by atoms with van der Waals surface area (Å²) in [4.78, 5) is 14.8. The summed E-state index contributed by atoms with van der Waals surface area (Å²) in [6.45, 7) is 2.80. The fourth-order valence-electron chi connectivity index (χ4n) is 3.32. The van der Waals surface area contributed by atoms with Crippen molar-refractivity contribution in [2.24, 2.45) is 0 Å². The van der Waals surface area contributed by atoms with E-state index in [1.807, 2.05) is 4.90 Å². The summed E-state index contributed by atoms with van der Waals surface area (Å²) in [5, 5.41) is 7.81. The molecule has 0 spiro atoms. The Morgan fingerprint density at radius 2 is 2.08 bits per heavy atom. The van der Waals surface area contributed by atoms with E-state index in [9.17, 15) is 4.79 Å². The number of carbonyl (C=O) groups is 1. The van der Waals surface area contributed by atoms with Crippen molar-refractivity contribution >= 4 is 5.91 Å². The van der Waals surface area contributed by atoms with Gasteiger partial charge >= 0.3 is 0 Å². The average Bonchev–Trinajstić information content (AvgIpc) is 2.64. The number of ether oxygens (including phenoxy) is 1. The number of benzene rings is 1. The first-order chi connectivity index (χ1) is 11.7. The van der Waals surface area contributed by atoms with E-state index in [2.05, 4.69) is 41.4 Å². The normalized spacial score (nSPS) is 20.8. The summed E-state index contributed by atoms with van der Waals surface area (Å²) >= 11 is 0. The van der Waals surface area contributed by atoms with Gasteiger partial charge in [-0.15, -0.1) is 5.10 Å². The zero-order valence-corrected chi connectivity index (χ0v) is 14.2. The molecule has 2 heterocycles. The number of aromatic nitrogens is 2. The van der Waals surface area contributed by atoms with Crippen LogP contribution in [0.5, 0.6) is 0 Å². The summed E-state index contributed by atoms with van der Waals surface area (Å²) in [6.07, 6.45) is 4.31. The van der Waals surface area contributed by atoms with Gasteiger partial charge in [-0.25, -0.2) is 0 Å². The summed E-state index contributed by atoms with van der Waals surface area (Å²) in [5.41, 5.74) is 2.84. The third-order valence-corrected chi connectivity index (χ3v) is 4.64. The first kappa shape index (κ1) is 16.6. The minimum absolute atomic E-state index is 0.0148. The fraction of sp³-hybridized carbons (Fsp3) is 0.421. The Labute approximate surface area is 142 Å². The average molecular weight is 325 g/mol. The molecule has 0 unspecified atom stereocenters. The van der Waals surface area contributed by atoms with E-state index in [1.165, 1.54) is 11.1 Å². The maximum atomic E-state index is 12.9. The summed E-state index contributed by atoms with van der Waals surface area (Å²) in [6, 6.07) is 11.9. The Morgan fingerprint density at radius 1 is 1.29 bits per heavy atom. The van der Waals surface area contributed by atoms with Crippen LogP contribution >= 0.6 is 0 Å². The molecule has 1 aliphatic heterocycles. The predicted octanol–water partition coefficient (Wildman–Crippen LogP) is 2.65. The van der Waals surface area contributed by atoms with Crippen LogP contribution in [0.2, 0.25) is 0 Å². The van der Waals surface area contributed by atoms with E-state index < -0.39 is 0 Å². The highest BCUT2D eigenvalue weighted by molar-refractivity contribution is 5.92. The lowest BCUT2D eigenvalue weighted by atomic mass is 9.92. The van der Waals surface area contributed by atoms with Crippen molar-refractivity contribution in [1.82, 2.24) is 15.1 Å². The van der Waals surface area contributed by atoms with Crippen molar-refractivity contribution in [2.75, 3.05) is 13.7 Å². The minimum Gasteiger partial charge on any atom is -0.379 e. The lowest BCUT2D eigenvalue weighted by Crippen LogP contribution is -2.52. The molecule has 1 amide bonds. The topological polar surface area (TPSA) is 55.3 Å². The summed E-state index contributed by atoms with van der Waals surface area (Å²) < 4.78 is 5.69. The minimum atomic E-state index is -0.0676. The van der Waals surface area contributed by atoms with Crippen molar-refractivity contribution in [3.63, 3.8) is 0 Å². The van der Waals surface area contributed by atoms with E-state index >= 15 is 0 Å². The van der Waals surface area contributed by atoms with Gasteiger partial charge in [0, 0.05) is 19.9 Å². The molecule has 1 aromatic heterocycles. The maximum absolute atomic E-state index is 12.9. The molecule has 5 nitrogen and oxygen atoms in total. The van der Waals surface area contributed by atoms with Gasteiger partial charge in [0.25, 0.3) is 5.91 Å². The number of piperidine rings is 1. The van der Waals surface area contributed by atoms with Crippen LogP contribution in [-0.4, -0.2) is 46.8 Å². The molecule has 0 aliphatic carbocycles. The van der Waals surface area contributed by atoms with Crippen LogP contribution in [0.15, 0.2) is 42.6 Å². The van der Waals surface area contributed by atoms with Crippen LogP contribution in [0.1, 0.15) is 34.5 Å². The largest absolute Gasteiger partial charge is 0.379 e. The van der Waals surface area contributed by atoms with Gasteiger partial charge in [0.15, 0.2) is 5.69 Å². The SMILES string of the molecule is CO[C@H]1CCCN(C(=O)c2cccnn2)[C@H]1Cc1ccc(C)cc1. The number of hydrogen-bond acceptors (Lipinski definition) is 4. The molecule has 1 saturated heterocycles. The van der Waals surface area contributed by atoms with E-state index in [1.54, 1.807) is 25.4 Å². The Bertz CT molecular complexity index is 673. The molecule has 0 saturated carbocycles. The number of aryl methyl sites for hydroxylation is 1. The third kappa shape index (κ3) is 3.62. The highest BCUT2D eigenvalue weighted by Gasteiger charge is 2.35. The monoisotopic (exact) mass is 325 g/mol. The van der Waals surface area contributed by atoms with Gasteiger partial charge in [-0.1, -0.05) is 29.8 Å². The van der Waals surface area contributed by atoms with Crippen molar-refractivity contribution < 1.29 is 9.53 Å². The molecule has 2 aromatic rings. The van der Waals surface area contributed by atoms with Crippen molar-refractivity contribution in [2.45, 2.75) is 38.3 Å². The number of nitrogens with zero attached hydrogens (tertiary/aromatic N) is 3. The molecule has 126 valence electrons. The molecule has 1 aliphatic rings. The van der Waals surface area contributed by atoms with Gasteiger partial charge in [0.05, 0.1) is 12.1 Å². The van der Waals surface area contributed by atoms with Crippen LogP contribution in [0.3, 0.4) is 0 Å². The molecule has 0 bridgehead atoms. The lowest BCUT2D eigenvalue weighted by Gasteiger charge is -2.40. The Hall–Kier alpha value is -2.27. The smallest absolute Gasteiger partial charge is 0.274 e. The van der Waals surface area contributed by atoms with Crippen LogP contribution < -0.4 is 0 Å². The van der Waals surface area contributed by atoms with Crippen LogP contribution in [0, 0.1) is 6.92 Å². The van der Waals surface area contributed by atoms with Crippen molar-refractivity contribution in [3.05, 3.63) is 59.4 Å². The molecular weight excluding hydrogens is 302 g/mol. The van der Waals surface area contributed by atoms with E-state index in [0.29, 0.717) is 5.69 Å². The first-order valence-corrected chi connectivity index (χ1v) is 8.36. The first-order valence-electron chi connectivity index (χ1n) is 8.36. The Kier molecular flexibility index (Phi) is 5.20. The quantitative estimate of drug-likeness (QED) is 0.867. The van der Waals surface area contributed by atoms with Crippen LogP contribution in [-0.2, 0) is 11.2 Å². The maximum Gasteiger partial charge on any atom is 0.274 e. The lowest BCUT2D eigenvalue weighted by molar-refractivity contribution is -0.0120. The van der Waals surface area contributed by atoms with E-state index in [4.69, 9.17) is 4.74 Å². The standard InChI is InChI=1S/C19H23N3O2/c1-14-7-9-15(10-8-14)13-17-18(24-2)6-4-12-22(17)19(23)16-5-3-11-20-21-16/h3,5,7-11,17-18H,4,6,12-13H2,1-2H3/t17-,18-/m0/s1. The van der Waals surface area contributed by atoms with Crippen molar-refractivity contribution in [1.29, 1.82) is 0 Å². The molecule has 24 heavy (non-hydrogen) atoms. The van der Waals surface area contributed by atoms with Gasteiger partial charge in [-0.05, 0) is 43.9 Å². The molecule has 0 radical (unpaired) electrons. The number of hydrogen-bond donors (Lipinski definition) is 0. The van der Waals surface area contributed by atoms with E-state index in [-0.39, 0.29) is 18.1 Å². The van der Waals surface area contributed by atoms with Gasteiger partial charge in [-0.3, -0.25) is 4.79 Å². The number of methoxy groups -OCH3 is 1. The second kappa shape index (κ2) is 7.53. The predicted molar refractivity (Wildman–Crippen MR) is 91.8 cm³/mol. The molecule has 1 fully saturated rings. The second-order valence-electron chi connectivity index (χ2n) is 6.28. The van der Waals surface area contributed by atoms with Crippen molar-refractivity contribution in [3.8, 4) is 0 Å². The highest BCUT2D eigenvalue weighted by Crippen LogP contribution is 2.25. The number of carbonyl (C=O) groups excluding carboxylic acids is 1. The molecule has 2 atom stereocenters. The highest BCUT2D eigenvalue weighted by atomic mass is 16.5. The number of rotatable bonds is 4. The van der Waals surface area contributed by atoms with Crippen LogP contribution in [0.25, 0.3) is 0 Å². The zero-order chi connectivity index (χ0) is 16.9. The molecule has 3 rings (SSSR count). The molecule has 5 heteroatoms. The summed E-state index contributed by atoms with van der Waals surface area (Å²) in [7, 11) is 1.73. The van der Waals surface area contributed by atoms with Gasteiger partial charge in [-0.2, -0.15) is 5.10 Å². The summed E-state index contributed by atoms with van der Waals surface area (Å²) in [5.74, 6) is -0.0676. The van der Waals surface area contributed by atoms with E-state index in [0.717, 1.165) is 25.8 Å². The number of likely N-dealkylation sites (tertiary alicyclic amines) is 1. The fourth-order valence-corrected chi connectivity index (χ4v) is 3.32. The Morgan fingerprint density at radius 3 is 2.75 bits per heavy atom.